The Labute approximate surface area is 298 Å². The Morgan fingerprint density at radius 3 is 2.82 bits per heavy atom. The average molecular weight is 720 g/mol. The van der Waals surface area contributed by atoms with E-state index in [-0.39, 0.29) is 60.0 Å². The highest BCUT2D eigenvalue weighted by Crippen LogP contribution is 2.52. The highest BCUT2D eigenvalue weighted by molar-refractivity contribution is 6.33. The van der Waals surface area contributed by atoms with Gasteiger partial charge < -0.3 is 23.8 Å². The number of ether oxygens (including phenoxy) is 4. The number of hydrogen-bond acceptors (Lipinski definition) is 10. The third-order valence-corrected chi connectivity index (χ3v) is 12.0. The van der Waals surface area contributed by atoms with Crippen LogP contribution in [-0.2, 0) is 9.47 Å². The molecule has 10 rings (SSSR count). The number of benzene rings is 1. The van der Waals surface area contributed by atoms with Gasteiger partial charge in [0.05, 0.1) is 36.2 Å². The summed E-state index contributed by atoms with van der Waals surface area (Å²) in [7, 11) is 0. The van der Waals surface area contributed by atoms with Crippen LogP contribution >= 0.6 is 11.6 Å². The lowest BCUT2D eigenvalue weighted by Crippen LogP contribution is -2.43. The standard InChI is InChI=1S/C37H40ClF2N7O4/c38-25-13-26-24(16-41-47(26)27-5-1-2-12-49-27)29(28(25)22-6-7-22)32-31(40)33-30-34(46-10-4-11-48-18-23(46)19-50-35(30)42-32)44-36(43-33)51-20-37-8-3-9-45(37)17-21(14-37)15-39/h13,15-16,22-23,27H,1-12,14,17-20H2/b21-15-/t23-,27?,37-/m0/s1. The lowest BCUT2D eigenvalue weighted by Gasteiger charge is -2.31. The molecular formula is C37H40ClF2N7O4. The smallest absolute Gasteiger partial charge is 0.319 e. The summed E-state index contributed by atoms with van der Waals surface area (Å²) in [5.41, 5.74) is 2.88. The normalized spacial score (nSPS) is 27.4. The van der Waals surface area contributed by atoms with Gasteiger partial charge in [-0.2, -0.15) is 15.1 Å². The van der Waals surface area contributed by atoms with Gasteiger partial charge in [0.15, 0.2) is 12.0 Å². The molecule has 3 atom stereocenters. The molecular weight excluding hydrogens is 680 g/mol. The van der Waals surface area contributed by atoms with Crippen molar-refractivity contribution >= 4 is 39.2 Å². The Balaban J connectivity index is 1.15. The first-order valence-corrected chi connectivity index (χ1v) is 18.7. The lowest BCUT2D eigenvalue weighted by molar-refractivity contribution is -0.0366. The van der Waals surface area contributed by atoms with E-state index in [0.29, 0.717) is 61.1 Å². The van der Waals surface area contributed by atoms with Gasteiger partial charge in [-0.05, 0) is 87.5 Å². The predicted molar refractivity (Wildman–Crippen MR) is 187 cm³/mol. The summed E-state index contributed by atoms with van der Waals surface area (Å²) in [4.78, 5) is 19.1. The van der Waals surface area contributed by atoms with Gasteiger partial charge in [0.2, 0.25) is 5.88 Å². The van der Waals surface area contributed by atoms with Gasteiger partial charge in [0, 0.05) is 42.3 Å². The Morgan fingerprint density at radius 1 is 1.06 bits per heavy atom. The summed E-state index contributed by atoms with van der Waals surface area (Å²) in [6.45, 7) is 4.38. The molecule has 14 heteroatoms. The molecule has 0 N–H and O–H groups in total. The Morgan fingerprint density at radius 2 is 1.98 bits per heavy atom. The quantitative estimate of drug-likeness (QED) is 0.210. The monoisotopic (exact) mass is 719 g/mol. The second-order valence-electron chi connectivity index (χ2n) is 15.0. The number of hydrogen-bond donors (Lipinski definition) is 0. The molecule has 1 aromatic carbocycles. The van der Waals surface area contributed by atoms with E-state index in [9.17, 15) is 4.39 Å². The first-order chi connectivity index (χ1) is 25.0. The van der Waals surface area contributed by atoms with Crippen molar-refractivity contribution in [2.45, 2.75) is 81.5 Å². The van der Waals surface area contributed by atoms with Gasteiger partial charge >= 0.3 is 6.01 Å². The molecule has 0 amide bonds. The van der Waals surface area contributed by atoms with Gasteiger partial charge in [-0.1, -0.05) is 11.6 Å². The molecule has 4 saturated heterocycles. The molecule has 8 heterocycles. The van der Waals surface area contributed by atoms with Crippen LogP contribution in [0.1, 0.15) is 75.5 Å². The fourth-order valence-electron chi connectivity index (χ4n) is 9.06. The molecule has 0 radical (unpaired) electrons. The maximum atomic E-state index is 17.6. The number of pyridine rings is 1. The number of rotatable bonds is 6. The van der Waals surface area contributed by atoms with Crippen molar-refractivity contribution in [2.75, 3.05) is 57.6 Å². The minimum atomic E-state index is -0.591. The van der Waals surface area contributed by atoms with E-state index in [0.717, 1.165) is 86.3 Å². The van der Waals surface area contributed by atoms with E-state index >= 15 is 4.39 Å². The summed E-state index contributed by atoms with van der Waals surface area (Å²) in [5.74, 6) is 0.379. The van der Waals surface area contributed by atoms with E-state index in [2.05, 4.69) is 9.80 Å². The molecule has 11 nitrogen and oxygen atoms in total. The first kappa shape index (κ1) is 32.0. The minimum absolute atomic E-state index is 0.0742. The van der Waals surface area contributed by atoms with Crippen LogP contribution in [0.3, 0.4) is 0 Å². The molecule has 1 aliphatic carbocycles. The van der Waals surface area contributed by atoms with Crippen molar-refractivity contribution in [3.05, 3.63) is 40.6 Å². The second-order valence-corrected chi connectivity index (χ2v) is 15.4. The van der Waals surface area contributed by atoms with Gasteiger partial charge in [-0.15, -0.1) is 0 Å². The predicted octanol–water partition coefficient (Wildman–Crippen LogP) is 6.87. The maximum Gasteiger partial charge on any atom is 0.319 e. The average Bonchev–Trinajstić information content (AvgIpc) is 3.76. The number of halogens is 3. The zero-order chi connectivity index (χ0) is 34.3. The third kappa shape index (κ3) is 5.28. The largest absolute Gasteiger partial charge is 0.475 e. The van der Waals surface area contributed by atoms with Crippen molar-refractivity contribution in [3.8, 4) is 23.1 Å². The van der Waals surface area contributed by atoms with Crippen LogP contribution in [0.25, 0.3) is 33.1 Å². The highest BCUT2D eigenvalue weighted by Gasteiger charge is 2.47. The Bertz CT molecular complexity index is 2070. The summed E-state index contributed by atoms with van der Waals surface area (Å²) < 4.78 is 58.0. The Kier molecular flexibility index (Phi) is 7.85. The zero-order valence-electron chi connectivity index (χ0n) is 28.4. The molecule has 1 unspecified atom stereocenters. The summed E-state index contributed by atoms with van der Waals surface area (Å²) >= 11 is 7.10. The third-order valence-electron chi connectivity index (χ3n) is 11.7. The molecule has 51 heavy (non-hydrogen) atoms. The molecule has 4 aromatic rings. The number of anilines is 1. The van der Waals surface area contributed by atoms with Crippen LogP contribution in [0.15, 0.2) is 24.2 Å². The molecule has 268 valence electrons. The van der Waals surface area contributed by atoms with E-state index in [4.69, 9.17) is 50.6 Å². The molecule has 1 saturated carbocycles. The minimum Gasteiger partial charge on any atom is -0.475 e. The van der Waals surface area contributed by atoms with E-state index in [1.807, 2.05) is 10.7 Å². The summed E-state index contributed by atoms with van der Waals surface area (Å²) in [6.07, 6.45) is 10.3. The Hall–Kier alpha value is -3.65. The fourth-order valence-corrected chi connectivity index (χ4v) is 9.41. The number of nitrogens with zero attached hydrogens (tertiary/aromatic N) is 7. The SMILES string of the molecule is F/C=C1\CN2CCC[C@@]2(COc2nc3c4c(nc(-c5c(C6CC6)c(Cl)cc6c5cnn6C5CCCCO5)c(F)c4n2)OC[C@@H]2COCCCN32)C1. The van der Waals surface area contributed by atoms with E-state index in [1.165, 1.54) is 0 Å². The number of fused-ring (bicyclic) bond motifs is 4. The first-order valence-electron chi connectivity index (χ1n) is 18.4. The molecule has 6 aliphatic rings. The zero-order valence-corrected chi connectivity index (χ0v) is 29.1. The molecule has 0 spiro atoms. The van der Waals surface area contributed by atoms with Crippen molar-refractivity contribution < 1.29 is 27.7 Å². The second kappa shape index (κ2) is 12.5. The fraction of sp³-hybridized carbons (Fsp3) is 0.568. The van der Waals surface area contributed by atoms with Gasteiger partial charge in [0.1, 0.15) is 35.6 Å². The molecule has 0 bridgehead atoms. The molecule has 5 aliphatic heterocycles. The van der Waals surface area contributed by atoms with Crippen molar-refractivity contribution in [1.29, 1.82) is 0 Å². The van der Waals surface area contributed by atoms with Crippen LogP contribution in [0.5, 0.6) is 11.9 Å². The van der Waals surface area contributed by atoms with Gasteiger partial charge in [-0.3, -0.25) is 4.90 Å². The van der Waals surface area contributed by atoms with Gasteiger partial charge in [0.25, 0.3) is 0 Å². The van der Waals surface area contributed by atoms with Crippen molar-refractivity contribution in [3.63, 3.8) is 0 Å². The lowest BCUT2D eigenvalue weighted by atomic mass is 9.94. The van der Waals surface area contributed by atoms with E-state index < -0.39 is 5.82 Å². The summed E-state index contributed by atoms with van der Waals surface area (Å²) in [6, 6.07) is 1.85. The maximum absolute atomic E-state index is 17.6. The number of aromatic nitrogens is 5. The molecule has 5 fully saturated rings. The van der Waals surface area contributed by atoms with Crippen LogP contribution in [-0.4, -0.2) is 93.9 Å². The van der Waals surface area contributed by atoms with Crippen LogP contribution < -0.4 is 14.4 Å². The molecule has 3 aromatic heterocycles. The van der Waals surface area contributed by atoms with Crippen LogP contribution in [0.2, 0.25) is 5.02 Å². The van der Waals surface area contributed by atoms with Crippen molar-refractivity contribution in [2.24, 2.45) is 0 Å². The van der Waals surface area contributed by atoms with Crippen molar-refractivity contribution in [1.82, 2.24) is 29.6 Å². The van der Waals surface area contributed by atoms with Crippen LogP contribution in [0, 0.1) is 5.82 Å². The highest BCUT2D eigenvalue weighted by atomic mass is 35.5. The van der Waals surface area contributed by atoms with Crippen LogP contribution in [0.4, 0.5) is 14.6 Å². The summed E-state index contributed by atoms with van der Waals surface area (Å²) in [5, 5.41) is 6.49. The van der Waals surface area contributed by atoms with E-state index in [1.54, 1.807) is 6.20 Å². The topological polar surface area (TPSA) is 99.9 Å². The van der Waals surface area contributed by atoms with Gasteiger partial charge in [-0.25, -0.2) is 18.4 Å².